The summed E-state index contributed by atoms with van der Waals surface area (Å²) in [6.45, 7) is 1.44. The molecule has 0 aromatic heterocycles. The minimum absolute atomic E-state index is 0.00829. The lowest BCUT2D eigenvalue weighted by Gasteiger charge is -2.13. The molecule has 0 bridgehead atoms. The van der Waals surface area contributed by atoms with Crippen LogP contribution < -0.4 is 10.1 Å². The molecule has 3 aromatic rings. The molecule has 0 spiro atoms. The first-order valence-corrected chi connectivity index (χ1v) is 8.01. The molecule has 4 nitrogen and oxygen atoms in total. The number of aliphatic hydroxyl groups is 1. The third kappa shape index (κ3) is 3.67. The molecule has 0 aliphatic heterocycles. The average molecular weight is 323 g/mol. The van der Waals surface area contributed by atoms with Gasteiger partial charge < -0.3 is 20.3 Å². The number of nitrogens with one attached hydrogen (secondary N) is 1. The van der Waals surface area contributed by atoms with E-state index in [1.807, 2.05) is 54.6 Å². The Balaban J connectivity index is 1.73. The number of phenolic OH excluding ortho intramolecular Hbond substituents is 1. The quantitative estimate of drug-likeness (QED) is 0.625. The SMILES string of the molecule is OCCOc1ccccc1CNCc1c(O)ccc2ccccc12. The normalized spacial score (nSPS) is 10.9. The van der Waals surface area contributed by atoms with Crippen LogP contribution in [0.5, 0.6) is 11.5 Å². The van der Waals surface area contributed by atoms with Gasteiger partial charge in [-0.2, -0.15) is 0 Å². The number of fused-ring (bicyclic) bond motifs is 1. The maximum atomic E-state index is 10.2. The van der Waals surface area contributed by atoms with Gasteiger partial charge in [-0.25, -0.2) is 0 Å². The predicted octanol–water partition coefficient (Wildman–Crippen LogP) is 3.21. The molecular formula is C20H21NO3. The molecule has 0 saturated heterocycles. The van der Waals surface area contributed by atoms with Crippen LogP contribution in [0.15, 0.2) is 60.7 Å². The number of benzene rings is 3. The Hall–Kier alpha value is -2.56. The number of para-hydroxylation sites is 1. The van der Waals surface area contributed by atoms with Crippen molar-refractivity contribution in [1.29, 1.82) is 0 Å². The van der Waals surface area contributed by atoms with Crippen LogP contribution in [-0.4, -0.2) is 23.4 Å². The number of rotatable bonds is 7. The molecule has 0 unspecified atom stereocenters. The molecule has 0 amide bonds. The smallest absolute Gasteiger partial charge is 0.123 e. The van der Waals surface area contributed by atoms with E-state index in [1.54, 1.807) is 6.07 Å². The lowest BCUT2D eigenvalue weighted by molar-refractivity contribution is 0.200. The van der Waals surface area contributed by atoms with Crippen LogP contribution in [0.25, 0.3) is 10.8 Å². The maximum Gasteiger partial charge on any atom is 0.123 e. The molecule has 124 valence electrons. The van der Waals surface area contributed by atoms with Gasteiger partial charge in [0, 0.05) is 24.2 Å². The Kier molecular flexibility index (Phi) is 5.31. The summed E-state index contributed by atoms with van der Waals surface area (Å²) in [6, 6.07) is 19.4. The first-order valence-electron chi connectivity index (χ1n) is 8.01. The summed E-state index contributed by atoms with van der Waals surface area (Å²) < 4.78 is 5.54. The minimum Gasteiger partial charge on any atom is -0.508 e. The molecule has 3 rings (SSSR count). The van der Waals surface area contributed by atoms with Gasteiger partial charge in [0.15, 0.2) is 0 Å². The second kappa shape index (κ2) is 7.81. The van der Waals surface area contributed by atoms with E-state index in [2.05, 4.69) is 5.32 Å². The number of hydrogen-bond donors (Lipinski definition) is 3. The van der Waals surface area contributed by atoms with Gasteiger partial charge in [-0.3, -0.25) is 0 Å². The van der Waals surface area contributed by atoms with Crippen molar-refractivity contribution in [2.24, 2.45) is 0 Å². The van der Waals surface area contributed by atoms with E-state index in [-0.39, 0.29) is 13.2 Å². The number of ether oxygens (including phenoxy) is 1. The molecule has 3 aromatic carbocycles. The van der Waals surface area contributed by atoms with Crippen LogP contribution in [0.1, 0.15) is 11.1 Å². The first-order chi connectivity index (χ1) is 11.8. The van der Waals surface area contributed by atoms with Crippen LogP contribution >= 0.6 is 0 Å². The van der Waals surface area contributed by atoms with Gasteiger partial charge in [0.25, 0.3) is 0 Å². The number of aromatic hydroxyl groups is 1. The summed E-state index contributed by atoms with van der Waals surface area (Å²) in [5.41, 5.74) is 1.91. The van der Waals surface area contributed by atoms with Crippen LogP contribution in [0.2, 0.25) is 0 Å². The van der Waals surface area contributed by atoms with Crippen LogP contribution in [0, 0.1) is 0 Å². The molecule has 0 heterocycles. The van der Waals surface area contributed by atoms with Crippen molar-refractivity contribution in [3.8, 4) is 11.5 Å². The summed E-state index contributed by atoms with van der Waals surface area (Å²) in [7, 11) is 0. The number of phenols is 1. The second-order valence-corrected chi connectivity index (χ2v) is 5.57. The van der Waals surface area contributed by atoms with Gasteiger partial charge in [-0.15, -0.1) is 0 Å². The van der Waals surface area contributed by atoms with E-state index in [1.165, 1.54) is 0 Å². The van der Waals surface area contributed by atoms with Crippen LogP contribution in [-0.2, 0) is 13.1 Å². The summed E-state index contributed by atoms with van der Waals surface area (Å²) in [5.74, 6) is 1.06. The second-order valence-electron chi connectivity index (χ2n) is 5.57. The highest BCUT2D eigenvalue weighted by atomic mass is 16.5. The summed E-state index contributed by atoms with van der Waals surface area (Å²) in [6.07, 6.45) is 0. The minimum atomic E-state index is -0.00829. The van der Waals surface area contributed by atoms with Gasteiger partial charge in [0.1, 0.15) is 18.1 Å². The Morgan fingerprint density at radius 2 is 1.67 bits per heavy atom. The van der Waals surface area contributed by atoms with Crippen molar-refractivity contribution < 1.29 is 14.9 Å². The van der Waals surface area contributed by atoms with Crippen LogP contribution in [0.4, 0.5) is 0 Å². The zero-order valence-corrected chi connectivity index (χ0v) is 13.4. The van der Waals surface area contributed by atoms with Crippen molar-refractivity contribution >= 4 is 10.8 Å². The Labute approximate surface area is 141 Å². The largest absolute Gasteiger partial charge is 0.508 e. The molecule has 0 saturated carbocycles. The molecule has 0 radical (unpaired) electrons. The Morgan fingerprint density at radius 1 is 0.875 bits per heavy atom. The lowest BCUT2D eigenvalue weighted by Crippen LogP contribution is -2.14. The van der Waals surface area contributed by atoms with Gasteiger partial charge >= 0.3 is 0 Å². The molecule has 0 atom stereocenters. The van der Waals surface area contributed by atoms with Crippen molar-refractivity contribution in [3.63, 3.8) is 0 Å². The van der Waals surface area contributed by atoms with Gasteiger partial charge in [0.2, 0.25) is 0 Å². The first kappa shape index (κ1) is 16.3. The van der Waals surface area contributed by atoms with E-state index in [0.29, 0.717) is 18.8 Å². The molecule has 0 fully saturated rings. The van der Waals surface area contributed by atoms with Gasteiger partial charge in [-0.05, 0) is 22.9 Å². The lowest BCUT2D eigenvalue weighted by atomic mass is 10.0. The zero-order chi connectivity index (χ0) is 16.8. The Morgan fingerprint density at radius 3 is 2.54 bits per heavy atom. The van der Waals surface area contributed by atoms with E-state index in [0.717, 1.165) is 27.6 Å². The maximum absolute atomic E-state index is 10.2. The van der Waals surface area contributed by atoms with Gasteiger partial charge in [-0.1, -0.05) is 48.5 Å². The number of aliphatic hydroxyl groups excluding tert-OH is 1. The van der Waals surface area contributed by atoms with Crippen LogP contribution in [0.3, 0.4) is 0 Å². The molecule has 24 heavy (non-hydrogen) atoms. The van der Waals surface area contributed by atoms with Crippen molar-refractivity contribution in [2.45, 2.75) is 13.1 Å². The fourth-order valence-corrected chi connectivity index (χ4v) is 2.78. The van der Waals surface area contributed by atoms with Crippen molar-refractivity contribution in [3.05, 3.63) is 71.8 Å². The fourth-order valence-electron chi connectivity index (χ4n) is 2.78. The standard InChI is InChI=1S/C20H21NO3/c22-11-12-24-20-8-4-2-6-16(20)13-21-14-18-17-7-3-1-5-15(17)9-10-19(18)23/h1-10,21-23H,11-14H2. The third-order valence-electron chi connectivity index (χ3n) is 3.95. The monoisotopic (exact) mass is 323 g/mol. The van der Waals surface area contributed by atoms with E-state index in [9.17, 15) is 5.11 Å². The summed E-state index contributed by atoms with van der Waals surface area (Å²) in [4.78, 5) is 0. The highest BCUT2D eigenvalue weighted by molar-refractivity contribution is 5.87. The highest BCUT2D eigenvalue weighted by Gasteiger charge is 2.07. The van der Waals surface area contributed by atoms with E-state index in [4.69, 9.17) is 9.84 Å². The molecule has 0 aliphatic carbocycles. The van der Waals surface area contributed by atoms with E-state index < -0.39 is 0 Å². The molecule has 3 N–H and O–H groups in total. The van der Waals surface area contributed by atoms with E-state index >= 15 is 0 Å². The Bertz CT molecular complexity index is 817. The molecule has 0 aliphatic rings. The third-order valence-corrected chi connectivity index (χ3v) is 3.95. The summed E-state index contributed by atoms with van der Waals surface area (Å²) >= 11 is 0. The molecule has 4 heteroatoms. The van der Waals surface area contributed by atoms with Crippen molar-refractivity contribution in [2.75, 3.05) is 13.2 Å². The van der Waals surface area contributed by atoms with Gasteiger partial charge in [0.05, 0.1) is 6.61 Å². The molecular weight excluding hydrogens is 302 g/mol. The average Bonchev–Trinajstić information content (AvgIpc) is 2.62. The topological polar surface area (TPSA) is 61.7 Å². The van der Waals surface area contributed by atoms with Crippen molar-refractivity contribution in [1.82, 2.24) is 5.32 Å². The zero-order valence-electron chi connectivity index (χ0n) is 13.4. The predicted molar refractivity (Wildman–Crippen MR) is 95.2 cm³/mol. The summed E-state index contributed by atoms with van der Waals surface area (Å²) in [5, 5.41) is 24.6. The number of hydrogen-bond acceptors (Lipinski definition) is 4. The fraction of sp³-hybridized carbons (Fsp3) is 0.200. The highest BCUT2D eigenvalue weighted by Crippen LogP contribution is 2.27.